The van der Waals surface area contributed by atoms with Gasteiger partial charge in [0.25, 0.3) is 0 Å². The highest BCUT2D eigenvalue weighted by molar-refractivity contribution is 6.30. The van der Waals surface area contributed by atoms with Crippen molar-refractivity contribution in [3.8, 4) is 0 Å². The third-order valence-electron chi connectivity index (χ3n) is 5.13. The molecular formula is C20H27ClN2O4. The first-order valence-electron chi connectivity index (χ1n) is 9.60. The highest BCUT2D eigenvalue weighted by atomic mass is 35.5. The van der Waals surface area contributed by atoms with Crippen molar-refractivity contribution in [3.05, 3.63) is 34.9 Å². The second-order valence-electron chi connectivity index (χ2n) is 7.49. The summed E-state index contributed by atoms with van der Waals surface area (Å²) in [5.74, 6) is 0.464. The summed E-state index contributed by atoms with van der Waals surface area (Å²) in [6, 6.07) is 7.13. The summed E-state index contributed by atoms with van der Waals surface area (Å²) in [7, 11) is 0. The van der Waals surface area contributed by atoms with Gasteiger partial charge >= 0.3 is 0 Å². The molecule has 0 spiro atoms. The molecule has 0 radical (unpaired) electrons. The van der Waals surface area contributed by atoms with Gasteiger partial charge in [0, 0.05) is 18.0 Å². The third kappa shape index (κ3) is 6.48. The number of halogens is 1. The predicted octanol–water partition coefficient (Wildman–Crippen LogP) is 2.17. The maximum absolute atomic E-state index is 12.2. The number of amides is 2. The maximum atomic E-state index is 12.2. The van der Waals surface area contributed by atoms with Crippen molar-refractivity contribution in [2.24, 2.45) is 5.92 Å². The molecule has 0 bridgehead atoms. The van der Waals surface area contributed by atoms with Gasteiger partial charge in [-0.1, -0.05) is 23.7 Å². The Balaban J connectivity index is 1.40. The Hall–Kier alpha value is -1.63. The van der Waals surface area contributed by atoms with Crippen LogP contribution in [0.15, 0.2) is 24.3 Å². The van der Waals surface area contributed by atoms with Gasteiger partial charge in [-0.2, -0.15) is 0 Å². The Bertz CT molecular complexity index is 648. The fraction of sp³-hybridized carbons (Fsp3) is 0.600. The van der Waals surface area contributed by atoms with Crippen LogP contribution in [0, 0.1) is 5.92 Å². The quantitative estimate of drug-likeness (QED) is 0.630. The third-order valence-corrected chi connectivity index (χ3v) is 5.38. The molecule has 2 fully saturated rings. The van der Waals surface area contributed by atoms with E-state index in [4.69, 9.17) is 16.3 Å². The van der Waals surface area contributed by atoms with Crippen molar-refractivity contribution in [1.82, 2.24) is 10.6 Å². The van der Waals surface area contributed by atoms with E-state index in [9.17, 15) is 14.7 Å². The minimum atomic E-state index is -0.462. The van der Waals surface area contributed by atoms with Crippen LogP contribution in [0.1, 0.15) is 44.1 Å². The smallest absolute Gasteiger partial charge is 0.222 e. The van der Waals surface area contributed by atoms with Crippen LogP contribution in [0.2, 0.25) is 5.02 Å². The highest BCUT2D eigenvalue weighted by Crippen LogP contribution is 2.32. The van der Waals surface area contributed by atoms with Crippen molar-refractivity contribution in [2.75, 3.05) is 6.61 Å². The molecule has 1 saturated heterocycles. The van der Waals surface area contributed by atoms with Gasteiger partial charge in [-0.05, 0) is 49.3 Å². The van der Waals surface area contributed by atoms with Gasteiger partial charge in [-0.15, -0.1) is 0 Å². The standard InChI is InChI=1S/C20H27ClN2O4/c21-15-5-3-14(4-6-15)11-22-19(25)10-16-7-8-17(18(12-24)27-16)23-20(26)9-13-1-2-13/h3-6,13,16-18,24H,1-2,7-12H2,(H,22,25)(H,23,26)/t16-,17+,18+/m0/s1. The average Bonchev–Trinajstić information content (AvgIpc) is 3.46. The van der Waals surface area contributed by atoms with Crippen molar-refractivity contribution in [3.63, 3.8) is 0 Å². The average molecular weight is 395 g/mol. The minimum Gasteiger partial charge on any atom is -0.394 e. The van der Waals surface area contributed by atoms with Crippen LogP contribution >= 0.6 is 11.6 Å². The van der Waals surface area contributed by atoms with Gasteiger partial charge in [-0.3, -0.25) is 9.59 Å². The van der Waals surface area contributed by atoms with Gasteiger partial charge < -0.3 is 20.5 Å². The van der Waals surface area contributed by atoms with Crippen LogP contribution in [0.3, 0.4) is 0 Å². The van der Waals surface area contributed by atoms with E-state index in [2.05, 4.69) is 10.6 Å². The molecule has 1 aliphatic carbocycles. The summed E-state index contributed by atoms with van der Waals surface area (Å²) in [4.78, 5) is 24.2. The molecular weight excluding hydrogens is 368 g/mol. The molecule has 6 nitrogen and oxygen atoms in total. The van der Waals surface area contributed by atoms with E-state index in [0.29, 0.717) is 36.7 Å². The molecule has 0 unspecified atom stereocenters. The van der Waals surface area contributed by atoms with Crippen LogP contribution in [0.5, 0.6) is 0 Å². The first-order valence-corrected chi connectivity index (χ1v) is 9.98. The number of carbonyl (C=O) groups excluding carboxylic acids is 2. The van der Waals surface area contributed by atoms with Crippen LogP contribution in [-0.4, -0.2) is 41.8 Å². The Morgan fingerprint density at radius 2 is 1.81 bits per heavy atom. The van der Waals surface area contributed by atoms with Crippen molar-refractivity contribution in [2.45, 2.75) is 63.3 Å². The summed E-state index contributed by atoms with van der Waals surface area (Å²) in [5.41, 5.74) is 0.976. The SMILES string of the molecule is O=C(C[C@@H]1CC[C@@H](NC(=O)CC2CC2)[C@@H](CO)O1)NCc1ccc(Cl)cc1. The molecule has 1 saturated carbocycles. The molecule has 1 aromatic carbocycles. The molecule has 2 aliphatic rings. The Morgan fingerprint density at radius 1 is 1.07 bits per heavy atom. The molecule has 7 heteroatoms. The van der Waals surface area contributed by atoms with E-state index in [1.165, 1.54) is 0 Å². The van der Waals surface area contributed by atoms with Gasteiger partial charge in [0.05, 0.1) is 25.2 Å². The molecule has 148 valence electrons. The number of rotatable bonds is 8. The number of hydrogen-bond acceptors (Lipinski definition) is 4. The lowest BCUT2D eigenvalue weighted by atomic mass is 9.96. The van der Waals surface area contributed by atoms with Gasteiger partial charge in [0.2, 0.25) is 11.8 Å². The molecule has 1 aromatic rings. The number of aliphatic hydroxyl groups is 1. The molecule has 2 amide bonds. The zero-order valence-electron chi connectivity index (χ0n) is 15.3. The lowest BCUT2D eigenvalue weighted by Gasteiger charge is -2.36. The van der Waals surface area contributed by atoms with Gasteiger partial charge in [-0.25, -0.2) is 0 Å². The second-order valence-corrected chi connectivity index (χ2v) is 7.92. The predicted molar refractivity (Wildman–Crippen MR) is 102 cm³/mol. The molecule has 27 heavy (non-hydrogen) atoms. The highest BCUT2D eigenvalue weighted by Gasteiger charge is 2.34. The molecule has 3 N–H and O–H groups in total. The van der Waals surface area contributed by atoms with E-state index >= 15 is 0 Å². The number of carbonyl (C=O) groups is 2. The van der Waals surface area contributed by atoms with Gasteiger partial charge in [0.15, 0.2) is 0 Å². The fourth-order valence-corrected chi connectivity index (χ4v) is 3.50. The lowest BCUT2D eigenvalue weighted by Crippen LogP contribution is -2.51. The number of hydrogen-bond donors (Lipinski definition) is 3. The first-order chi connectivity index (χ1) is 13.0. The lowest BCUT2D eigenvalue weighted by molar-refractivity contribution is -0.136. The molecule has 1 heterocycles. The number of nitrogens with one attached hydrogen (secondary N) is 2. The summed E-state index contributed by atoms with van der Waals surface area (Å²) in [6.07, 6.45) is 3.74. The normalized spacial score (nSPS) is 25.0. The van der Waals surface area contributed by atoms with Gasteiger partial charge in [0.1, 0.15) is 6.10 Å². The topological polar surface area (TPSA) is 87.7 Å². The van der Waals surface area contributed by atoms with Crippen LogP contribution in [0.4, 0.5) is 0 Å². The van der Waals surface area contributed by atoms with Crippen molar-refractivity contribution in [1.29, 1.82) is 0 Å². The summed E-state index contributed by atoms with van der Waals surface area (Å²) in [5, 5.41) is 16.1. The van der Waals surface area contributed by atoms with Crippen molar-refractivity contribution < 1.29 is 19.4 Å². The van der Waals surface area contributed by atoms with E-state index in [1.54, 1.807) is 12.1 Å². The van der Waals surface area contributed by atoms with Crippen LogP contribution in [0.25, 0.3) is 0 Å². The van der Waals surface area contributed by atoms with E-state index in [1.807, 2.05) is 12.1 Å². The zero-order valence-corrected chi connectivity index (χ0v) is 16.1. The largest absolute Gasteiger partial charge is 0.394 e. The molecule has 1 aliphatic heterocycles. The van der Waals surface area contributed by atoms with E-state index < -0.39 is 6.10 Å². The van der Waals surface area contributed by atoms with Crippen LogP contribution in [-0.2, 0) is 20.9 Å². The summed E-state index contributed by atoms with van der Waals surface area (Å²) < 4.78 is 5.87. The maximum Gasteiger partial charge on any atom is 0.222 e. The molecule has 3 atom stereocenters. The Kier molecular flexibility index (Phi) is 7.10. The number of aliphatic hydroxyl groups excluding tert-OH is 1. The van der Waals surface area contributed by atoms with Crippen LogP contribution < -0.4 is 10.6 Å². The second kappa shape index (κ2) is 9.53. The first kappa shape index (κ1) is 20.1. The molecule has 0 aromatic heterocycles. The summed E-state index contributed by atoms with van der Waals surface area (Å²) >= 11 is 5.85. The minimum absolute atomic E-state index is 0.0312. The summed E-state index contributed by atoms with van der Waals surface area (Å²) in [6.45, 7) is 0.267. The van der Waals surface area contributed by atoms with Crippen molar-refractivity contribution >= 4 is 23.4 Å². The Morgan fingerprint density at radius 3 is 2.48 bits per heavy atom. The van der Waals surface area contributed by atoms with E-state index in [-0.39, 0.29) is 37.0 Å². The zero-order chi connectivity index (χ0) is 19.2. The Labute approximate surface area is 164 Å². The van der Waals surface area contributed by atoms with E-state index in [0.717, 1.165) is 18.4 Å². The fourth-order valence-electron chi connectivity index (χ4n) is 3.38. The molecule has 3 rings (SSSR count). The number of ether oxygens (including phenoxy) is 1. The number of benzene rings is 1. The monoisotopic (exact) mass is 394 g/mol.